The van der Waals surface area contributed by atoms with Gasteiger partial charge in [0.2, 0.25) is 0 Å². The van der Waals surface area contributed by atoms with Gasteiger partial charge >= 0.3 is 0 Å². The Balaban J connectivity index is 1.57. The van der Waals surface area contributed by atoms with Gasteiger partial charge in [-0.05, 0) is 55.7 Å². The summed E-state index contributed by atoms with van der Waals surface area (Å²) < 4.78 is 11.2. The molecule has 1 aliphatic rings. The summed E-state index contributed by atoms with van der Waals surface area (Å²) in [5.41, 5.74) is 1.50. The Morgan fingerprint density at radius 2 is 2.17 bits per heavy atom. The topological polar surface area (TPSA) is 60.5 Å². The molecular formula is C18H20N2O3. The molecule has 1 fully saturated rings. The molecule has 3 rings (SSSR count). The summed E-state index contributed by atoms with van der Waals surface area (Å²) in [6.45, 7) is 3.28. The smallest absolute Gasteiger partial charge is 0.256 e. The molecule has 0 saturated carbocycles. The average molecular weight is 312 g/mol. The molecule has 0 unspecified atom stereocenters. The first-order valence-corrected chi connectivity index (χ1v) is 7.80. The van der Waals surface area contributed by atoms with Crippen LogP contribution in [0.5, 0.6) is 5.75 Å². The van der Waals surface area contributed by atoms with Crippen molar-refractivity contribution in [2.75, 3.05) is 18.5 Å². The summed E-state index contributed by atoms with van der Waals surface area (Å²) in [5.74, 6) is 1.14. The zero-order valence-corrected chi connectivity index (χ0v) is 13.1. The van der Waals surface area contributed by atoms with Crippen molar-refractivity contribution in [1.82, 2.24) is 4.98 Å². The lowest BCUT2D eigenvalue weighted by Gasteiger charge is -2.12. The highest BCUT2D eigenvalue weighted by Crippen LogP contribution is 2.17. The second kappa shape index (κ2) is 7.24. The molecule has 120 valence electrons. The highest BCUT2D eigenvalue weighted by Gasteiger charge is 2.16. The summed E-state index contributed by atoms with van der Waals surface area (Å²) in [6.07, 6.45) is 3.99. The van der Waals surface area contributed by atoms with E-state index < -0.39 is 0 Å². The first-order chi connectivity index (χ1) is 11.2. The number of aryl methyl sites for hydroxylation is 1. The molecule has 1 amide bonds. The Morgan fingerprint density at radius 3 is 2.87 bits per heavy atom. The van der Waals surface area contributed by atoms with Gasteiger partial charge in [-0.2, -0.15) is 0 Å². The number of amides is 1. The molecule has 0 radical (unpaired) electrons. The van der Waals surface area contributed by atoms with Gasteiger partial charge in [-0.3, -0.25) is 4.79 Å². The minimum absolute atomic E-state index is 0.183. The summed E-state index contributed by atoms with van der Waals surface area (Å²) >= 11 is 0. The SMILES string of the molecule is Cc1cccnc1NC(=O)c1ccc(OC[C@@H]2CCCO2)cc1. The van der Waals surface area contributed by atoms with Gasteiger partial charge < -0.3 is 14.8 Å². The van der Waals surface area contributed by atoms with Crippen LogP contribution < -0.4 is 10.1 Å². The van der Waals surface area contributed by atoms with Crippen molar-refractivity contribution < 1.29 is 14.3 Å². The molecule has 2 aromatic rings. The van der Waals surface area contributed by atoms with E-state index >= 15 is 0 Å². The maximum absolute atomic E-state index is 12.2. The number of benzene rings is 1. The van der Waals surface area contributed by atoms with Crippen LogP contribution in [0.25, 0.3) is 0 Å². The predicted octanol–water partition coefficient (Wildman–Crippen LogP) is 3.20. The van der Waals surface area contributed by atoms with E-state index in [-0.39, 0.29) is 12.0 Å². The number of rotatable bonds is 5. The van der Waals surface area contributed by atoms with Gasteiger partial charge in [0.15, 0.2) is 0 Å². The van der Waals surface area contributed by atoms with E-state index in [9.17, 15) is 4.79 Å². The number of hydrogen-bond donors (Lipinski definition) is 1. The third-order valence-corrected chi connectivity index (χ3v) is 3.82. The number of carbonyl (C=O) groups excluding carboxylic acids is 1. The Labute approximate surface area is 135 Å². The normalized spacial score (nSPS) is 17.0. The lowest BCUT2D eigenvalue weighted by Crippen LogP contribution is -2.16. The highest BCUT2D eigenvalue weighted by molar-refractivity contribution is 6.04. The van der Waals surface area contributed by atoms with Gasteiger partial charge in [0.05, 0.1) is 6.10 Å². The lowest BCUT2D eigenvalue weighted by molar-refractivity contribution is 0.0679. The van der Waals surface area contributed by atoms with E-state index in [1.54, 1.807) is 30.5 Å². The fourth-order valence-electron chi connectivity index (χ4n) is 2.46. The molecule has 2 heterocycles. The summed E-state index contributed by atoms with van der Waals surface area (Å²) in [5, 5.41) is 2.81. The monoisotopic (exact) mass is 312 g/mol. The second-order valence-electron chi connectivity index (χ2n) is 5.59. The first kappa shape index (κ1) is 15.5. The summed E-state index contributed by atoms with van der Waals surface area (Å²) in [4.78, 5) is 16.4. The van der Waals surface area contributed by atoms with Crippen LogP contribution in [0.4, 0.5) is 5.82 Å². The molecule has 1 aromatic carbocycles. The Bertz CT molecular complexity index is 664. The number of nitrogens with one attached hydrogen (secondary N) is 1. The van der Waals surface area contributed by atoms with E-state index in [1.165, 1.54) is 0 Å². The largest absolute Gasteiger partial charge is 0.491 e. The minimum atomic E-state index is -0.183. The third kappa shape index (κ3) is 4.07. The van der Waals surface area contributed by atoms with E-state index in [2.05, 4.69) is 10.3 Å². The molecule has 0 aliphatic carbocycles. The van der Waals surface area contributed by atoms with Crippen LogP contribution in [0.3, 0.4) is 0 Å². The number of carbonyl (C=O) groups is 1. The fraction of sp³-hybridized carbons (Fsp3) is 0.333. The number of pyridine rings is 1. The van der Waals surface area contributed by atoms with Crippen LogP contribution >= 0.6 is 0 Å². The fourth-order valence-corrected chi connectivity index (χ4v) is 2.46. The van der Waals surface area contributed by atoms with Crippen LogP contribution in [0.15, 0.2) is 42.6 Å². The standard InChI is InChI=1S/C18H20N2O3/c1-13-4-2-10-19-17(13)20-18(21)14-6-8-15(9-7-14)23-12-16-5-3-11-22-16/h2,4,6-10,16H,3,5,11-12H2,1H3,(H,19,20,21)/t16-/m0/s1. The van der Waals surface area contributed by atoms with E-state index in [4.69, 9.17) is 9.47 Å². The van der Waals surface area contributed by atoms with Crippen LogP contribution in [0, 0.1) is 6.92 Å². The lowest BCUT2D eigenvalue weighted by atomic mass is 10.2. The molecule has 23 heavy (non-hydrogen) atoms. The predicted molar refractivity (Wildman–Crippen MR) is 87.8 cm³/mol. The second-order valence-corrected chi connectivity index (χ2v) is 5.59. The van der Waals surface area contributed by atoms with Crippen LogP contribution in [0.2, 0.25) is 0 Å². The number of aromatic nitrogens is 1. The number of nitrogens with zero attached hydrogens (tertiary/aromatic N) is 1. The van der Waals surface area contributed by atoms with E-state index in [0.29, 0.717) is 18.0 Å². The van der Waals surface area contributed by atoms with Crippen molar-refractivity contribution >= 4 is 11.7 Å². The van der Waals surface area contributed by atoms with Crippen molar-refractivity contribution in [3.05, 3.63) is 53.7 Å². The molecule has 1 N–H and O–H groups in total. The highest BCUT2D eigenvalue weighted by atomic mass is 16.5. The van der Waals surface area contributed by atoms with Crippen molar-refractivity contribution in [2.24, 2.45) is 0 Å². The maximum atomic E-state index is 12.2. The van der Waals surface area contributed by atoms with Crippen molar-refractivity contribution in [1.29, 1.82) is 0 Å². The molecule has 1 atom stereocenters. The Kier molecular flexibility index (Phi) is 4.88. The summed E-state index contributed by atoms with van der Waals surface area (Å²) in [7, 11) is 0. The zero-order chi connectivity index (χ0) is 16.1. The molecular weight excluding hydrogens is 292 g/mol. The Morgan fingerprint density at radius 1 is 1.35 bits per heavy atom. The van der Waals surface area contributed by atoms with Crippen LogP contribution in [0.1, 0.15) is 28.8 Å². The van der Waals surface area contributed by atoms with Gasteiger partial charge in [0, 0.05) is 18.4 Å². The van der Waals surface area contributed by atoms with Gasteiger partial charge in [0.25, 0.3) is 5.91 Å². The molecule has 1 aromatic heterocycles. The quantitative estimate of drug-likeness (QED) is 0.921. The molecule has 5 heteroatoms. The average Bonchev–Trinajstić information content (AvgIpc) is 3.09. The third-order valence-electron chi connectivity index (χ3n) is 3.82. The van der Waals surface area contributed by atoms with Gasteiger partial charge in [-0.1, -0.05) is 6.07 Å². The minimum Gasteiger partial charge on any atom is -0.491 e. The maximum Gasteiger partial charge on any atom is 0.256 e. The van der Waals surface area contributed by atoms with Crippen molar-refractivity contribution in [3.8, 4) is 5.75 Å². The zero-order valence-electron chi connectivity index (χ0n) is 13.1. The number of anilines is 1. The molecule has 0 spiro atoms. The van der Waals surface area contributed by atoms with E-state index in [1.807, 2.05) is 19.1 Å². The van der Waals surface area contributed by atoms with Crippen molar-refractivity contribution in [3.63, 3.8) is 0 Å². The van der Waals surface area contributed by atoms with Gasteiger partial charge in [0.1, 0.15) is 18.2 Å². The van der Waals surface area contributed by atoms with Gasteiger partial charge in [-0.15, -0.1) is 0 Å². The molecule has 1 saturated heterocycles. The number of ether oxygens (including phenoxy) is 2. The molecule has 5 nitrogen and oxygen atoms in total. The number of hydrogen-bond acceptors (Lipinski definition) is 4. The van der Waals surface area contributed by atoms with Crippen molar-refractivity contribution in [2.45, 2.75) is 25.9 Å². The molecule has 1 aliphatic heterocycles. The molecule has 0 bridgehead atoms. The van der Waals surface area contributed by atoms with Crippen LogP contribution in [-0.4, -0.2) is 30.2 Å². The first-order valence-electron chi connectivity index (χ1n) is 7.80. The van der Waals surface area contributed by atoms with Gasteiger partial charge in [-0.25, -0.2) is 4.98 Å². The van der Waals surface area contributed by atoms with E-state index in [0.717, 1.165) is 30.8 Å². The summed E-state index contributed by atoms with van der Waals surface area (Å²) in [6, 6.07) is 10.8. The Hall–Kier alpha value is -2.40. The van der Waals surface area contributed by atoms with Crippen LogP contribution in [-0.2, 0) is 4.74 Å².